The number of rotatable bonds is 13. The molecule has 0 aromatic rings. The van der Waals surface area contributed by atoms with Gasteiger partial charge in [-0.25, -0.2) is 0 Å². The van der Waals surface area contributed by atoms with Gasteiger partial charge >= 0.3 is 5.92 Å². The van der Waals surface area contributed by atoms with E-state index >= 15 is 0 Å². The maximum absolute atomic E-state index is 14.3. The highest BCUT2D eigenvalue weighted by atomic mass is 19.3. The lowest BCUT2D eigenvalue weighted by Crippen LogP contribution is -2.35. The molecule has 0 radical (unpaired) electrons. The van der Waals surface area contributed by atoms with Gasteiger partial charge in [-0.15, -0.1) is 0 Å². The summed E-state index contributed by atoms with van der Waals surface area (Å²) in [7, 11) is 0. The largest absolute Gasteiger partial charge is 0.392 e. The monoisotopic (exact) mass is 388 g/mol. The molecule has 1 aliphatic carbocycles. The molecular formula is C22H38F2O3. The van der Waals surface area contributed by atoms with Crippen molar-refractivity contribution in [1.82, 2.24) is 0 Å². The Kier molecular flexibility index (Phi) is 9.53. The second-order valence-electron chi connectivity index (χ2n) is 9.07. The maximum atomic E-state index is 14.3. The van der Waals surface area contributed by atoms with Crippen LogP contribution < -0.4 is 0 Å². The van der Waals surface area contributed by atoms with Crippen LogP contribution in [0.4, 0.5) is 8.78 Å². The Morgan fingerprint density at radius 1 is 1.11 bits per heavy atom. The Morgan fingerprint density at radius 2 is 1.74 bits per heavy atom. The van der Waals surface area contributed by atoms with E-state index < -0.39 is 29.6 Å². The van der Waals surface area contributed by atoms with Crippen LogP contribution in [0.25, 0.3) is 0 Å². The molecule has 158 valence electrons. The summed E-state index contributed by atoms with van der Waals surface area (Å²) in [5.41, 5.74) is -0.594. The quantitative estimate of drug-likeness (QED) is 0.410. The van der Waals surface area contributed by atoms with Gasteiger partial charge in [0, 0.05) is 25.2 Å². The van der Waals surface area contributed by atoms with Crippen molar-refractivity contribution in [2.45, 2.75) is 110 Å². The molecule has 0 bridgehead atoms. The molecular weight excluding hydrogens is 350 g/mol. The zero-order valence-electron chi connectivity index (χ0n) is 17.5. The van der Waals surface area contributed by atoms with Crippen LogP contribution in [0.5, 0.6) is 0 Å². The summed E-state index contributed by atoms with van der Waals surface area (Å²) in [6, 6.07) is 0. The van der Waals surface area contributed by atoms with Gasteiger partial charge in [-0.2, -0.15) is 8.78 Å². The van der Waals surface area contributed by atoms with Crippen molar-refractivity contribution in [3.63, 3.8) is 0 Å². The van der Waals surface area contributed by atoms with Crippen molar-refractivity contribution in [3.8, 4) is 0 Å². The summed E-state index contributed by atoms with van der Waals surface area (Å²) < 4.78 is 28.6. The number of halogens is 2. The first-order valence-corrected chi connectivity index (χ1v) is 10.7. The summed E-state index contributed by atoms with van der Waals surface area (Å²) in [6.07, 6.45) is 5.41. The van der Waals surface area contributed by atoms with Crippen LogP contribution in [0.15, 0.2) is 0 Å². The first kappa shape index (κ1) is 24.2. The van der Waals surface area contributed by atoms with E-state index in [1.807, 2.05) is 6.92 Å². The molecule has 0 unspecified atom stereocenters. The van der Waals surface area contributed by atoms with E-state index in [0.717, 1.165) is 25.7 Å². The number of aliphatic hydroxyl groups is 1. The lowest BCUT2D eigenvalue weighted by molar-refractivity contribution is -0.148. The van der Waals surface area contributed by atoms with E-state index in [-0.39, 0.29) is 36.9 Å². The van der Waals surface area contributed by atoms with Crippen molar-refractivity contribution < 1.29 is 23.5 Å². The molecule has 1 rings (SSSR count). The standard InChI is InChI=1S/C22H38F2O3/c1-5-7-8-9-10-11-16-17(19(26)14-18(16)25)12-13-20(27)22(23,24)15-21(3,4)6-2/h16-17,19,26H,5-15H2,1-4H3/t16-,17-,19-/m1/s1. The van der Waals surface area contributed by atoms with Gasteiger partial charge in [-0.05, 0) is 24.2 Å². The van der Waals surface area contributed by atoms with E-state index in [4.69, 9.17) is 0 Å². The van der Waals surface area contributed by atoms with Crippen molar-refractivity contribution >= 4 is 11.6 Å². The minimum Gasteiger partial charge on any atom is -0.392 e. The molecule has 3 atom stereocenters. The first-order chi connectivity index (χ1) is 12.5. The Bertz CT molecular complexity index is 488. The fourth-order valence-corrected chi connectivity index (χ4v) is 4.06. The van der Waals surface area contributed by atoms with Crippen LogP contribution in [-0.2, 0) is 9.59 Å². The van der Waals surface area contributed by atoms with Crippen LogP contribution >= 0.6 is 0 Å². The Morgan fingerprint density at radius 3 is 2.33 bits per heavy atom. The molecule has 0 aromatic carbocycles. The number of Topliss-reactive ketones (excluding diaryl/α,β-unsaturated/α-hetero) is 2. The number of aliphatic hydroxyl groups excluding tert-OH is 1. The predicted octanol–water partition coefficient (Wildman–Crippen LogP) is 5.72. The highest BCUT2D eigenvalue weighted by molar-refractivity contribution is 5.86. The zero-order valence-corrected chi connectivity index (χ0v) is 17.5. The van der Waals surface area contributed by atoms with Crippen LogP contribution in [0.3, 0.4) is 0 Å². The minimum atomic E-state index is -3.34. The van der Waals surface area contributed by atoms with Gasteiger partial charge in [0.25, 0.3) is 0 Å². The number of hydrogen-bond acceptors (Lipinski definition) is 3. The Hall–Kier alpha value is -0.840. The van der Waals surface area contributed by atoms with Gasteiger partial charge in [-0.1, -0.05) is 66.2 Å². The SMILES string of the molecule is CCCCCCC[C@H]1C(=O)C[C@@H](O)[C@@H]1CCC(=O)C(F)(F)CC(C)(C)CC. The lowest BCUT2D eigenvalue weighted by atomic mass is 9.81. The van der Waals surface area contributed by atoms with Gasteiger partial charge in [0.1, 0.15) is 5.78 Å². The lowest BCUT2D eigenvalue weighted by Gasteiger charge is -2.28. The topological polar surface area (TPSA) is 54.4 Å². The number of ketones is 2. The molecule has 3 nitrogen and oxygen atoms in total. The molecule has 0 aromatic heterocycles. The van der Waals surface area contributed by atoms with Gasteiger partial charge in [0.05, 0.1) is 6.10 Å². The second kappa shape index (κ2) is 10.6. The summed E-state index contributed by atoms with van der Waals surface area (Å²) in [5.74, 6) is -5.02. The second-order valence-corrected chi connectivity index (χ2v) is 9.07. The first-order valence-electron chi connectivity index (χ1n) is 10.7. The third-order valence-corrected chi connectivity index (χ3v) is 6.22. The molecule has 1 N–H and O–H groups in total. The van der Waals surface area contributed by atoms with E-state index in [1.165, 1.54) is 6.42 Å². The molecule has 1 saturated carbocycles. The van der Waals surface area contributed by atoms with E-state index in [1.54, 1.807) is 13.8 Å². The van der Waals surface area contributed by atoms with E-state index in [2.05, 4.69) is 6.92 Å². The molecule has 0 saturated heterocycles. The molecule has 1 aliphatic rings. The van der Waals surface area contributed by atoms with Crippen molar-refractivity contribution in [2.24, 2.45) is 17.3 Å². The predicted molar refractivity (Wildman–Crippen MR) is 104 cm³/mol. The summed E-state index contributed by atoms with van der Waals surface area (Å²) in [4.78, 5) is 24.3. The Balaban J connectivity index is 2.58. The molecule has 5 heteroatoms. The normalized spacial score (nSPS) is 23.8. The molecule has 0 spiro atoms. The maximum Gasteiger partial charge on any atom is 0.305 e. The molecule has 0 aliphatic heterocycles. The fraction of sp³-hybridized carbons (Fsp3) is 0.909. The van der Waals surface area contributed by atoms with Crippen molar-refractivity contribution in [2.75, 3.05) is 0 Å². The summed E-state index contributed by atoms with van der Waals surface area (Å²) >= 11 is 0. The highest BCUT2D eigenvalue weighted by Gasteiger charge is 2.45. The van der Waals surface area contributed by atoms with Gasteiger partial charge in [0.15, 0.2) is 0 Å². The van der Waals surface area contributed by atoms with Gasteiger partial charge in [0.2, 0.25) is 5.78 Å². The average molecular weight is 389 g/mol. The number of alkyl halides is 2. The van der Waals surface area contributed by atoms with Crippen molar-refractivity contribution in [3.05, 3.63) is 0 Å². The van der Waals surface area contributed by atoms with Crippen LogP contribution in [0, 0.1) is 17.3 Å². The molecule has 0 heterocycles. The smallest absolute Gasteiger partial charge is 0.305 e. The summed E-state index contributed by atoms with van der Waals surface area (Å²) in [5, 5.41) is 10.2. The minimum absolute atomic E-state index is 0.0225. The molecule has 1 fully saturated rings. The van der Waals surface area contributed by atoms with Crippen LogP contribution in [0.2, 0.25) is 0 Å². The Labute approximate surface area is 163 Å². The van der Waals surface area contributed by atoms with E-state index in [9.17, 15) is 23.5 Å². The molecule has 27 heavy (non-hydrogen) atoms. The number of carbonyl (C=O) groups excluding carboxylic acids is 2. The van der Waals surface area contributed by atoms with Crippen LogP contribution in [0.1, 0.15) is 98.3 Å². The van der Waals surface area contributed by atoms with E-state index in [0.29, 0.717) is 12.8 Å². The average Bonchev–Trinajstić information content (AvgIpc) is 2.84. The highest BCUT2D eigenvalue weighted by Crippen LogP contribution is 2.39. The zero-order chi connectivity index (χ0) is 20.7. The van der Waals surface area contributed by atoms with Gasteiger partial charge < -0.3 is 5.11 Å². The fourth-order valence-electron chi connectivity index (χ4n) is 4.06. The third-order valence-electron chi connectivity index (χ3n) is 6.22. The number of hydrogen-bond donors (Lipinski definition) is 1. The number of carbonyl (C=O) groups is 2. The van der Waals surface area contributed by atoms with Gasteiger partial charge in [-0.3, -0.25) is 9.59 Å². The van der Waals surface area contributed by atoms with Crippen molar-refractivity contribution in [1.29, 1.82) is 0 Å². The molecule has 0 amide bonds. The number of unbranched alkanes of at least 4 members (excludes halogenated alkanes) is 4. The van der Waals surface area contributed by atoms with Crippen LogP contribution in [-0.4, -0.2) is 28.7 Å². The third kappa shape index (κ3) is 7.59. The summed E-state index contributed by atoms with van der Waals surface area (Å²) in [6.45, 7) is 7.46.